The van der Waals surface area contributed by atoms with Gasteiger partial charge in [0.25, 0.3) is 0 Å². The Morgan fingerprint density at radius 1 is 1.28 bits per heavy atom. The van der Waals surface area contributed by atoms with Crippen LogP contribution in [0.2, 0.25) is 5.02 Å². The summed E-state index contributed by atoms with van der Waals surface area (Å²) >= 11 is 12.5. The Bertz CT molecular complexity index is 896. The Balaban J connectivity index is 1.58. The number of nitrogens with zero attached hydrogens (tertiary/aromatic N) is 1. The van der Waals surface area contributed by atoms with Crippen LogP contribution < -0.4 is 5.32 Å². The zero-order valence-electron chi connectivity index (χ0n) is 13.3. The molecule has 3 aromatic rings. The zero-order chi connectivity index (χ0) is 17.8. The van der Waals surface area contributed by atoms with Crippen molar-refractivity contribution in [3.8, 4) is 11.3 Å². The molecule has 1 N–H and O–H groups in total. The first-order valence-electron chi connectivity index (χ1n) is 7.41. The molecule has 2 aromatic carbocycles. The SMILES string of the molecule is Cc1ccc(NC(=O)CSc2nc(-c3ccc(Br)cc3)cs2)c(Cl)c1. The van der Waals surface area contributed by atoms with E-state index in [1.807, 2.05) is 54.8 Å². The van der Waals surface area contributed by atoms with E-state index >= 15 is 0 Å². The lowest BCUT2D eigenvalue weighted by molar-refractivity contribution is -0.113. The first-order chi connectivity index (χ1) is 12.0. The fourth-order valence-corrected chi connectivity index (χ4v) is 4.29. The molecule has 0 bridgehead atoms. The molecule has 0 radical (unpaired) electrons. The summed E-state index contributed by atoms with van der Waals surface area (Å²) in [6, 6.07) is 13.6. The number of hydrogen-bond donors (Lipinski definition) is 1. The van der Waals surface area contributed by atoms with E-state index in [1.54, 1.807) is 0 Å². The fraction of sp³-hybridized carbons (Fsp3) is 0.111. The molecule has 3 nitrogen and oxygen atoms in total. The molecular weight excluding hydrogens is 440 g/mol. The van der Waals surface area contributed by atoms with E-state index in [4.69, 9.17) is 11.6 Å². The van der Waals surface area contributed by atoms with Crippen molar-refractivity contribution in [3.05, 3.63) is 62.9 Å². The van der Waals surface area contributed by atoms with Gasteiger partial charge in [-0.15, -0.1) is 11.3 Å². The second-order valence-corrected chi connectivity index (χ2v) is 8.73. The highest BCUT2D eigenvalue weighted by Crippen LogP contribution is 2.29. The predicted octanol–water partition coefficient (Wildman–Crippen LogP) is 6.27. The number of nitrogens with one attached hydrogen (secondary N) is 1. The monoisotopic (exact) mass is 452 g/mol. The maximum Gasteiger partial charge on any atom is 0.234 e. The minimum absolute atomic E-state index is 0.101. The molecule has 0 fully saturated rings. The summed E-state index contributed by atoms with van der Waals surface area (Å²) in [7, 11) is 0. The molecular formula is C18H14BrClN2OS2. The molecule has 0 spiro atoms. The third-order valence-corrected chi connectivity index (χ3v) is 6.21. The number of anilines is 1. The molecule has 0 saturated heterocycles. The van der Waals surface area contributed by atoms with Crippen molar-refractivity contribution >= 4 is 62.2 Å². The van der Waals surface area contributed by atoms with Gasteiger partial charge in [-0.05, 0) is 36.8 Å². The molecule has 7 heteroatoms. The Morgan fingerprint density at radius 3 is 2.76 bits per heavy atom. The van der Waals surface area contributed by atoms with Gasteiger partial charge >= 0.3 is 0 Å². The standard InChI is InChI=1S/C18H14BrClN2OS2/c1-11-2-7-15(14(20)8-11)21-17(23)10-25-18-22-16(9-24-18)12-3-5-13(19)6-4-12/h2-9H,10H2,1H3,(H,21,23). The van der Waals surface area contributed by atoms with E-state index in [9.17, 15) is 4.79 Å². The lowest BCUT2D eigenvalue weighted by atomic mass is 10.2. The summed E-state index contributed by atoms with van der Waals surface area (Å²) in [6.07, 6.45) is 0. The van der Waals surface area contributed by atoms with Gasteiger partial charge in [0, 0.05) is 15.4 Å². The number of thiazole rings is 1. The number of benzene rings is 2. The Morgan fingerprint density at radius 2 is 2.04 bits per heavy atom. The maximum absolute atomic E-state index is 12.1. The molecule has 1 heterocycles. The van der Waals surface area contributed by atoms with Gasteiger partial charge in [-0.1, -0.05) is 57.5 Å². The number of hydrogen-bond acceptors (Lipinski definition) is 4. The van der Waals surface area contributed by atoms with Crippen molar-refractivity contribution in [1.29, 1.82) is 0 Å². The smallest absolute Gasteiger partial charge is 0.234 e. The molecule has 1 aromatic heterocycles. The molecule has 25 heavy (non-hydrogen) atoms. The van der Waals surface area contributed by atoms with Crippen molar-refractivity contribution in [2.24, 2.45) is 0 Å². The summed E-state index contributed by atoms with van der Waals surface area (Å²) < 4.78 is 1.90. The highest BCUT2D eigenvalue weighted by Gasteiger charge is 2.10. The van der Waals surface area contributed by atoms with Crippen LogP contribution in [0, 0.1) is 6.92 Å². The van der Waals surface area contributed by atoms with Crippen molar-refractivity contribution in [3.63, 3.8) is 0 Å². The molecule has 3 rings (SSSR count). The van der Waals surface area contributed by atoms with Crippen LogP contribution in [-0.4, -0.2) is 16.6 Å². The number of halogens is 2. The van der Waals surface area contributed by atoms with Crippen LogP contribution in [0.15, 0.2) is 56.7 Å². The first kappa shape index (κ1) is 18.5. The van der Waals surface area contributed by atoms with E-state index in [1.165, 1.54) is 23.1 Å². The topological polar surface area (TPSA) is 42.0 Å². The average Bonchev–Trinajstić information content (AvgIpc) is 3.05. The lowest BCUT2D eigenvalue weighted by Crippen LogP contribution is -2.14. The van der Waals surface area contributed by atoms with Gasteiger partial charge in [0.15, 0.2) is 4.34 Å². The molecule has 0 aliphatic rings. The largest absolute Gasteiger partial charge is 0.324 e. The minimum Gasteiger partial charge on any atom is -0.324 e. The summed E-state index contributed by atoms with van der Waals surface area (Å²) in [5.74, 6) is 0.188. The fourth-order valence-electron chi connectivity index (χ4n) is 2.11. The van der Waals surface area contributed by atoms with Crippen molar-refractivity contribution in [2.45, 2.75) is 11.3 Å². The van der Waals surface area contributed by atoms with Gasteiger partial charge in [-0.3, -0.25) is 4.79 Å². The molecule has 128 valence electrons. The first-order valence-corrected chi connectivity index (χ1v) is 10.4. The number of thioether (sulfide) groups is 1. The number of rotatable bonds is 5. The molecule has 0 atom stereocenters. The summed E-state index contributed by atoms with van der Waals surface area (Å²) in [4.78, 5) is 16.7. The van der Waals surface area contributed by atoms with Crippen molar-refractivity contribution < 1.29 is 4.79 Å². The highest BCUT2D eigenvalue weighted by atomic mass is 79.9. The highest BCUT2D eigenvalue weighted by molar-refractivity contribution is 9.10. The average molecular weight is 454 g/mol. The van der Waals surface area contributed by atoms with Crippen molar-refractivity contribution in [1.82, 2.24) is 4.98 Å². The number of aryl methyl sites for hydroxylation is 1. The van der Waals surface area contributed by atoms with E-state index < -0.39 is 0 Å². The quantitative estimate of drug-likeness (QED) is 0.463. The second kappa shape index (κ2) is 8.36. The van der Waals surface area contributed by atoms with Gasteiger partial charge < -0.3 is 5.32 Å². The van der Waals surface area contributed by atoms with Crippen LogP contribution in [0.3, 0.4) is 0 Å². The third-order valence-electron chi connectivity index (χ3n) is 3.35. The van der Waals surface area contributed by atoms with Crippen LogP contribution in [0.1, 0.15) is 5.56 Å². The van der Waals surface area contributed by atoms with Crippen LogP contribution in [0.25, 0.3) is 11.3 Å². The lowest BCUT2D eigenvalue weighted by Gasteiger charge is -2.07. The van der Waals surface area contributed by atoms with Gasteiger partial charge in [0.2, 0.25) is 5.91 Å². The summed E-state index contributed by atoms with van der Waals surface area (Å²) in [6.45, 7) is 1.96. The Labute approximate surface area is 168 Å². The normalized spacial score (nSPS) is 10.7. The summed E-state index contributed by atoms with van der Waals surface area (Å²) in [5.41, 5.74) is 3.66. The zero-order valence-corrected chi connectivity index (χ0v) is 17.2. The Kier molecular flexibility index (Phi) is 6.17. The molecule has 0 aliphatic heterocycles. The van der Waals surface area contributed by atoms with E-state index in [0.29, 0.717) is 10.7 Å². The van der Waals surface area contributed by atoms with E-state index in [-0.39, 0.29) is 11.7 Å². The maximum atomic E-state index is 12.1. The molecule has 0 saturated carbocycles. The number of carbonyl (C=O) groups is 1. The predicted molar refractivity (Wildman–Crippen MR) is 111 cm³/mol. The van der Waals surface area contributed by atoms with Gasteiger partial charge in [-0.2, -0.15) is 0 Å². The van der Waals surface area contributed by atoms with Gasteiger partial charge in [0.05, 0.1) is 22.2 Å². The van der Waals surface area contributed by atoms with E-state index in [2.05, 4.69) is 26.2 Å². The number of amides is 1. The second-order valence-electron chi connectivity index (χ2n) is 5.33. The van der Waals surface area contributed by atoms with Gasteiger partial charge in [0.1, 0.15) is 0 Å². The van der Waals surface area contributed by atoms with Crippen LogP contribution in [0.4, 0.5) is 5.69 Å². The number of aromatic nitrogens is 1. The molecule has 0 aliphatic carbocycles. The van der Waals surface area contributed by atoms with Crippen LogP contribution in [0.5, 0.6) is 0 Å². The number of carbonyl (C=O) groups excluding carboxylic acids is 1. The van der Waals surface area contributed by atoms with Crippen LogP contribution in [-0.2, 0) is 4.79 Å². The summed E-state index contributed by atoms with van der Waals surface area (Å²) in [5, 5.41) is 5.38. The van der Waals surface area contributed by atoms with E-state index in [0.717, 1.165) is 25.6 Å². The van der Waals surface area contributed by atoms with Gasteiger partial charge in [-0.25, -0.2) is 4.98 Å². The molecule has 1 amide bonds. The minimum atomic E-state index is -0.101. The van der Waals surface area contributed by atoms with Crippen LogP contribution >= 0.6 is 50.6 Å². The third kappa shape index (κ3) is 5.07. The molecule has 0 unspecified atom stereocenters. The van der Waals surface area contributed by atoms with Crippen molar-refractivity contribution in [2.75, 3.05) is 11.1 Å². The Hall–Kier alpha value is -1.34.